The Morgan fingerprint density at radius 1 is 1.26 bits per heavy atom. The monoisotopic (exact) mass is 266 g/mol. The molecule has 2 N–H and O–H groups in total. The molecule has 104 valence electrons. The zero-order chi connectivity index (χ0) is 13.7. The smallest absolute Gasteiger partial charge is 0.371 e. The number of hydrogen-bond donors (Lipinski definition) is 2. The summed E-state index contributed by atoms with van der Waals surface area (Å²) in [6.45, 7) is 3.85. The van der Waals surface area contributed by atoms with Gasteiger partial charge in [0.05, 0.1) is 0 Å². The van der Waals surface area contributed by atoms with E-state index in [2.05, 4.69) is 10.2 Å². The van der Waals surface area contributed by atoms with Crippen LogP contribution in [0.25, 0.3) is 0 Å². The summed E-state index contributed by atoms with van der Waals surface area (Å²) in [5, 5.41) is 11.4. The fourth-order valence-electron chi connectivity index (χ4n) is 2.17. The number of carboxylic acid groups (broad SMARTS) is 1. The fourth-order valence-corrected chi connectivity index (χ4v) is 2.17. The molecule has 2 rings (SSSR count). The minimum absolute atomic E-state index is 0.0403. The van der Waals surface area contributed by atoms with E-state index in [0.29, 0.717) is 6.54 Å². The van der Waals surface area contributed by atoms with Gasteiger partial charge in [0.1, 0.15) is 0 Å². The quantitative estimate of drug-likeness (QED) is 0.756. The van der Waals surface area contributed by atoms with E-state index in [0.717, 1.165) is 26.1 Å². The number of furan rings is 1. The van der Waals surface area contributed by atoms with Crippen molar-refractivity contribution in [2.24, 2.45) is 0 Å². The molecular formula is C13H18N2O4. The first-order valence-electron chi connectivity index (χ1n) is 6.50. The van der Waals surface area contributed by atoms with E-state index >= 15 is 0 Å². The van der Waals surface area contributed by atoms with E-state index in [1.165, 1.54) is 25.0 Å². The zero-order valence-corrected chi connectivity index (χ0v) is 10.7. The molecule has 1 aliphatic rings. The summed E-state index contributed by atoms with van der Waals surface area (Å²) in [6.07, 6.45) is 3.41. The predicted molar refractivity (Wildman–Crippen MR) is 68.3 cm³/mol. The molecule has 1 saturated heterocycles. The lowest BCUT2D eigenvalue weighted by molar-refractivity contribution is 0.0659. The second-order valence-corrected chi connectivity index (χ2v) is 4.63. The summed E-state index contributed by atoms with van der Waals surface area (Å²) >= 11 is 0. The van der Waals surface area contributed by atoms with Gasteiger partial charge in [-0.05, 0) is 51.0 Å². The Morgan fingerprint density at radius 2 is 1.95 bits per heavy atom. The second kappa shape index (κ2) is 6.38. The van der Waals surface area contributed by atoms with E-state index in [1.807, 2.05) is 0 Å². The van der Waals surface area contributed by atoms with Crippen LogP contribution >= 0.6 is 0 Å². The molecule has 0 aliphatic carbocycles. The van der Waals surface area contributed by atoms with Crippen molar-refractivity contribution in [3.8, 4) is 0 Å². The van der Waals surface area contributed by atoms with Crippen LogP contribution in [0, 0.1) is 0 Å². The van der Waals surface area contributed by atoms with E-state index in [9.17, 15) is 9.59 Å². The number of nitrogens with one attached hydrogen (secondary N) is 1. The van der Waals surface area contributed by atoms with Crippen LogP contribution in [0.4, 0.5) is 0 Å². The van der Waals surface area contributed by atoms with E-state index < -0.39 is 5.97 Å². The molecule has 0 unspecified atom stereocenters. The average molecular weight is 266 g/mol. The highest BCUT2D eigenvalue weighted by molar-refractivity contribution is 5.93. The van der Waals surface area contributed by atoms with Gasteiger partial charge in [-0.2, -0.15) is 0 Å². The van der Waals surface area contributed by atoms with Crippen molar-refractivity contribution in [3.05, 3.63) is 23.7 Å². The second-order valence-electron chi connectivity index (χ2n) is 4.63. The van der Waals surface area contributed by atoms with Gasteiger partial charge >= 0.3 is 5.97 Å². The summed E-state index contributed by atoms with van der Waals surface area (Å²) in [4.78, 5) is 24.7. The fraction of sp³-hybridized carbons (Fsp3) is 0.538. The number of amides is 1. The SMILES string of the molecule is O=C(O)c1ccc(C(=O)NCCCN2CCCC2)o1. The molecule has 6 heteroatoms. The Kier molecular flexibility index (Phi) is 4.57. The Morgan fingerprint density at radius 3 is 2.58 bits per heavy atom. The minimum Gasteiger partial charge on any atom is -0.475 e. The number of hydrogen-bond acceptors (Lipinski definition) is 4. The molecule has 1 aromatic heterocycles. The first-order valence-corrected chi connectivity index (χ1v) is 6.50. The van der Waals surface area contributed by atoms with Crippen LogP contribution in [0.3, 0.4) is 0 Å². The molecule has 2 heterocycles. The van der Waals surface area contributed by atoms with Crippen molar-refractivity contribution in [3.63, 3.8) is 0 Å². The molecule has 0 bridgehead atoms. The highest BCUT2D eigenvalue weighted by Gasteiger charge is 2.15. The van der Waals surface area contributed by atoms with Crippen LogP contribution in [0.2, 0.25) is 0 Å². The molecule has 6 nitrogen and oxygen atoms in total. The Bertz CT molecular complexity index is 449. The molecule has 1 amide bonds. The van der Waals surface area contributed by atoms with Gasteiger partial charge in [-0.15, -0.1) is 0 Å². The predicted octanol–water partition coefficient (Wildman–Crippen LogP) is 1.19. The topological polar surface area (TPSA) is 82.8 Å². The number of carboxylic acids is 1. The molecule has 1 aromatic rings. The lowest BCUT2D eigenvalue weighted by Crippen LogP contribution is -2.28. The van der Waals surface area contributed by atoms with Crippen molar-refractivity contribution >= 4 is 11.9 Å². The third-order valence-electron chi connectivity index (χ3n) is 3.18. The third kappa shape index (κ3) is 3.82. The highest BCUT2D eigenvalue weighted by Crippen LogP contribution is 2.08. The summed E-state index contributed by atoms with van der Waals surface area (Å²) in [5.41, 5.74) is 0. The van der Waals surface area contributed by atoms with Gasteiger partial charge in [0.2, 0.25) is 5.76 Å². The average Bonchev–Trinajstić information content (AvgIpc) is 3.05. The molecule has 0 atom stereocenters. The molecular weight excluding hydrogens is 248 g/mol. The van der Waals surface area contributed by atoms with Gasteiger partial charge in [0.25, 0.3) is 5.91 Å². The van der Waals surface area contributed by atoms with Crippen LogP contribution < -0.4 is 5.32 Å². The number of nitrogens with zero attached hydrogens (tertiary/aromatic N) is 1. The maximum Gasteiger partial charge on any atom is 0.371 e. The van der Waals surface area contributed by atoms with Gasteiger partial charge in [0.15, 0.2) is 5.76 Å². The molecule has 0 aromatic carbocycles. The molecule has 19 heavy (non-hydrogen) atoms. The van der Waals surface area contributed by atoms with Gasteiger partial charge in [-0.1, -0.05) is 0 Å². The molecule has 1 aliphatic heterocycles. The highest BCUT2D eigenvalue weighted by atomic mass is 16.4. The summed E-state index contributed by atoms with van der Waals surface area (Å²) in [7, 11) is 0. The van der Waals surface area contributed by atoms with Crippen LogP contribution in [-0.4, -0.2) is 48.1 Å². The van der Waals surface area contributed by atoms with Crippen LogP contribution in [0.5, 0.6) is 0 Å². The normalized spacial score (nSPS) is 15.6. The summed E-state index contributed by atoms with van der Waals surface area (Å²) < 4.78 is 4.92. The maximum atomic E-state index is 11.7. The summed E-state index contributed by atoms with van der Waals surface area (Å²) in [5.74, 6) is -1.72. The molecule has 0 spiro atoms. The van der Waals surface area contributed by atoms with Gasteiger partial charge in [-0.25, -0.2) is 4.79 Å². The lowest BCUT2D eigenvalue weighted by atomic mass is 10.3. The Balaban J connectivity index is 1.69. The van der Waals surface area contributed by atoms with Crippen molar-refractivity contribution < 1.29 is 19.1 Å². The maximum absolute atomic E-state index is 11.7. The minimum atomic E-state index is -1.17. The van der Waals surface area contributed by atoms with Gasteiger partial charge in [0, 0.05) is 6.54 Å². The van der Waals surface area contributed by atoms with Crippen molar-refractivity contribution in [2.45, 2.75) is 19.3 Å². The Labute approximate surface area is 111 Å². The van der Waals surface area contributed by atoms with E-state index in [-0.39, 0.29) is 17.4 Å². The van der Waals surface area contributed by atoms with E-state index in [4.69, 9.17) is 9.52 Å². The standard InChI is InChI=1S/C13H18N2O4/c16-12(10-4-5-11(19-10)13(17)18)14-6-3-9-15-7-1-2-8-15/h4-5H,1-3,6-9H2,(H,14,16)(H,17,18). The number of aromatic carboxylic acids is 1. The first kappa shape index (κ1) is 13.6. The van der Waals surface area contributed by atoms with Crippen molar-refractivity contribution in [1.82, 2.24) is 10.2 Å². The van der Waals surface area contributed by atoms with E-state index in [1.54, 1.807) is 0 Å². The van der Waals surface area contributed by atoms with Crippen LogP contribution in [0.1, 0.15) is 40.4 Å². The number of carbonyl (C=O) groups excluding carboxylic acids is 1. The number of carbonyl (C=O) groups is 2. The van der Waals surface area contributed by atoms with Crippen LogP contribution in [0.15, 0.2) is 16.5 Å². The first-order chi connectivity index (χ1) is 9.16. The molecule has 1 fully saturated rings. The molecule has 0 radical (unpaired) electrons. The van der Waals surface area contributed by atoms with Gasteiger partial charge in [-0.3, -0.25) is 4.79 Å². The number of likely N-dealkylation sites (tertiary alicyclic amines) is 1. The number of rotatable bonds is 6. The van der Waals surface area contributed by atoms with Crippen molar-refractivity contribution in [2.75, 3.05) is 26.2 Å². The van der Waals surface area contributed by atoms with Gasteiger partial charge < -0.3 is 19.7 Å². The summed E-state index contributed by atoms with van der Waals surface area (Å²) in [6, 6.07) is 2.65. The lowest BCUT2D eigenvalue weighted by Gasteiger charge is -2.13. The van der Waals surface area contributed by atoms with Crippen LogP contribution in [-0.2, 0) is 0 Å². The van der Waals surface area contributed by atoms with Crippen molar-refractivity contribution in [1.29, 1.82) is 0 Å². The Hall–Kier alpha value is -1.82. The molecule has 0 saturated carbocycles. The largest absolute Gasteiger partial charge is 0.475 e. The zero-order valence-electron chi connectivity index (χ0n) is 10.7. The third-order valence-corrected chi connectivity index (χ3v) is 3.18.